The van der Waals surface area contributed by atoms with E-state index in [9.17, 15) is 14.4 Å². The molecule has 4 rings (SSSR count). The number of anilines is 1. The maximum absolute atomic E-state index is 13.0. The third-order valence-electron chi connectivity index (χ3n) is 7.06. The van der Waals surface area contributed by atoms with Gasteiger partial charge in [0.1, 0.15) is 18.0 Å². The van der Waals surface area contributed by atoms with Gasteiger partial charge in [0.2, 0.25) is 5.91 Å². The van der Waals surface area contributed by atoms with Crippen LogP contribution in [0.25, 0.3) is 0 Å². The molecule has 1 atom stereocenters. The predicted molar refractivity (Wildman–Crippen MR) is 154 cm³/mol. The van der Waals surface area contributed by atoms with Crippen molar-refractivity contribution in [1.29, 1.82) is 0 Å². The first-order valence-corrected chi connectivity index (χ1v) is 14.1. The van der Waals surface area contributed by atoms with Crippen LogP contribution in [0.5, 0.6) is 5.75 Å². The standard InChI is InChI=1S/C31H41N3O7/c1-31(2,3)41-30(37)33-16-15-32(29(36)40-22-23-8-6-5-7-9-23)21-25(33)14-18-39-26-11-12-27-24(20-26)10-13-28(35)34(27)17-19-38-4/h5-9,11-12,20,25H,10,13-19,21-22H2,1-4H3/t25-/m1/s1. The molecule has 1 saturated heterocycles. The van der Waals surface area contributed by atoms with E-state index in [-0.39, 0.29) is 18.6 Å². The van der Waals surface area contributed by atoms with Crippen LogP contribution in [-0.2, 0) is 32.0 Å². The number of fused-ring (bicyclic) bond motifs is 1. The molecular formula is C31H41N3O7. The second kappa shape index (κ2) is 13.7. The van der Waals surface area contributed by atoms with Crippen LogP contribution < -0.4 is 9.64 Å². The monoisotopic (exact) mass is 567 g/mol. The quantitative estimate of drug-likeness (QED) is 0.436. The van der Waals surface area contributed by atoms with Crippen molar-refractivity contribution in [2.75, 3.05) is 51.4 Å². The molecule has 2 heterocycles. The summed E-state index contributed by atoms with van der Waals surface area (Å²) in [5.74, 6) is 0.790. The highest BCUT2D eigenvalue weighted by molar-refractivity contribution is 5.96. The first-order valence-electron chi connectivity index (χ1n) is 14.1. The van der Waals surface area contributed by atoms with Crippen LogP contribution in [0.2, 0.25) is 0 Å². The van der Waals surface area contributed by atoms with Gasteiger partial charge in [-0.05, 0) is 56.5 Å². The smallest absolute Gasteiger partial charge is 0.410 e. The van der Waals surface area contributed by atoms with E-state index in [1.165, 1.54) is 0 Å². The van der Waals surface area contributed by atoms with Crippen molar-refractivity contribution in [3.05, 3.63) is 59.7 Å². The minimum atomic E-state index is -0.633. The second-order valence-electron chi connectivity index (χ2n) is 11.3. The van der Waals surface area contributed by atoms with Crippen molar-refractivity contribution >= 4 is 23.8 Å². The minimum Gasteiger partial charge on any atom is -0.494 e. The molecule has 0 radical (unpaired) electrons. The van der Waals surface area contributed by atoms with E-state index in [4.69, 9.17) is 18.9 Å². The van der Waals surface area contributed by atoms with Gasteiger partial charge in [0.15, 0.2) is 0 Å². The fourth-order valence-corrected chi connectivity index (χ4v) is 5.01. The molecule has 2 aliphatic rings. The lowest BCUT2D eigenvalue weighted by Crippen LogP contribution is -2.57. The summed E-state index contributed by atoms with van der Waals surface area (Å²) in [5.41, 5.74) is 2.22. The number of carbonyl (C=O) groups is 3. The maximum atomic E-state index is 13.0. The molecule has 2 aliphatic heterocycles. The van der Waals surface area contributed by atoms with Crippen LogP contribution in [0.4, 0.5) is 15.3 Å². The summed E-state index contributed by atoms with van der Waals surface area (Å²) in [5, 5.41) is 0. The van der Waals surface area contributed by atoms with Crippen molar-refractivity contribution in [2.45, 2.75) is 58.3 Å². The predicted octanol–water partition coefficient (Wildman–Crippen LogP) is 4.64. The molecule has 41 heavy (non-hydrogen) atoms. The summed E-state index contributed by atoms with van der Waals surface area (Å²) in [4.78, 5) is 43.4. The fraction of sp³-hybridized carbons (Fsp3) is 0.516. The number of carbonyl (C=O) groups excluding carboxylic acids is 3. The number of ether oxygens (including phenoxy) is 4. The number of aryl methyl sites for hydroxylation is 1. The number of piperazine rings is 1. The Morgan fingerprint density at radius 3 is 2.49 bits per heavy atom. The zero-order chi connectivity index (χ0) is 29.4. The Morgan fingerprint density at radius 1 is 0.976 bits per heavy atom. The molecular weight excluding hydrogens is 526 g/mol. The van der Waals surface area contributed by atoms with E-state index < -0.39 is 17.8 Å². The molecule has 2 aromatic rings. The molecule has 0 saturated carbocycles. The van der Waals surface area contributed by atoms with E-state index in [1.807, 2.05) is 69.3 Å². The van der Waals surface area contributed by atoms with E-state index in [1.54, 1.807) is 21.8 Å². The highest BCUT2D eigenvalue weighted by atomic mass is 16.6. The average molecular weight is 568 g/mol. The Hall–Kier alpha value is -3.79. The molecule has 10 nitrogen and oxygen atoms in total. The Balaban J connectivity index is 1.38. The van der Waals surface area contributed by atoms with Crippen molar-refractivity contribution in [3.63, 3.8) is 0 Å². The summed E-state index contributed by atoms with van der Waals surface area (Å²) in [7, 11) is 1.62. The zero-order valence-corrected chi connectivity index (χ0v) is 24.5. The van der Waals surface area contributed by atoms with E-state index in [2.05, 4.69) is 0 Å². The number of rotatable bonds is 9. The number of amides is 3. The normalized spacial score (nSPS) is 17.2. The van der Waals surface area contributed by atoms with Crippen LogP contribution in [0.1, 0.15) is 44.7 Å². The topological polar surface area (TPSA) is 97.9 Å². The Bertz CT molecular complexity index is 1200. The van der Waals surface area contributed by atoms with Gasteiger partial charge in [0, 0.05) is 51.8 Å². The van der Waals surface area contributed by atoms with Crippen LogP contribution in [0.15, 0.2) is 48.5 Å². The Morgan fingerprint density at radius 2 is 1.76 bits per heavy atom. The van der Waals surface area contributed by atoms with Gasteiger partial charge in [0.05, 0.1) is 19.3 Å². The van der Waals surface area contributed by atoms with Gasteiger partial charge >= 0.3 is 12.2 Å². The van der Waals surface area contributed by atoms with Gasteiger partial charge in [-0.2, -0.15) is 0 Å². The Labute approximate surface area is 242 Å². The SMILES string of the molecule is COCCN1C(=O)CCc2cc(OCC[C@@H]3CN(C(=O)OCc4ccccc4)CCN3C(=O)OC(C)(C)C)ccc21. The molecule has 2 aromatic carbocycles. The molecule has 0 spiro atoms. The summed E-state index contributed by atoms with van der Waals surface area (Å²) < 4.78 is 22.5. The lowest BCUT2D eigenvalue weighted by Gasteiger charge is -2.41. The number of hydrogen-bond acceptors (Lipinski definition) is 7. The van der Waals surface area contributed by atoms with Gasteiger partial charge in [-0.3, -0.25) is 4.79 Å². The molecule has 222 valence electrons. The third-order valence-corrected chi connectivity index (χ3v) is 7.06. The summed E-state index contributed by atoms with van der Waals surface area (Å²) >= 11 is 0. The van der Waals surface area contributed by atoms with Crippen LogP contribution in [0, 0.1) is 0 Å². The average Bonchev–Trinajstić information content (AvgIpc) is 2.95. The first kappa shape index (κ1) is 30.2. The first-order chi connectivity index (χ1) is 19.6. The third kappa shape index (κ3) is 8.36. The molecule has 3 amide bonds. The van der Waals surface area contributed by atoms with Crippen LogP contribution >= 0.6 is 0 Å². The highest BCUT2D eigenvalue weighted by Gasteiger charge is 2.35. The number of methoxy groups -OCH3 is 1. The van der Waals surface area contributed by atoms with Crippen molar-refractivity contribution in [3.8, 4) is 5.75 Å². The van der Waals surface area contributed by atoms with Gasteiger partial charge in [-0.1, -0.05) is 30.3 Å². The maximum Gasteiger partial charge on any atom is 0.410 e. The summed E-state index contributed by atoms with van der Waals surface area (Å²) in [6, 6.07) is 15.0. The molecule has 0 aromatic heterocycles. The number of nitrogens with zero attached hydrogens (tertiary/aromatic N) is 3. The van der Waals surface area contributed by atoms with E-state index >= 15 is 0 Å². The van der Waals surface area contributed by atoms with Crippen LogP contribution in [-0.4, -0.2) is 86.0 Å². The lowest BCUT2D eigenvalue weighted by molar-refractivity contribution is -0.119. The van der Waals surface area contributed by atoms with Gasteiger partial charge in [0.25, 0.3) is 0 Å². The van der Waals surface area contributed by atoms with Gasteiger partial charge < -0.3 is 33.6 Å². The minimum absolute atomic E-state index is 0.0922. The molecule has 0 aliphatic carbocycles. The molecule has 0 unspecified atom stereocenters. The Kier molecular flexibility index (Phi) is 10.1. The van der Waals surface area contributed by atoms with Gasteiger partial charge in [-0.15, -0.1) is 0 Å². The fourth-order valence-electron chi connectivity index (χ4n) is 5.01. The largest absolute Gasteiger partial charge is 0.494 e. The van der Waals surface area contributed by atoms with E-state index in [0.29, 0.717) is 64.4 Å². The van der Waals surface area contributed by atoms with Crippen molar-refractivity contribution < 1.29 is 33.3 Å². The zero-order valence-electron chi connectivity index (χ0n) is 24.5. The lowest BCUT2D eigenvalue weighted by atomic mass is 10.0. The molecule has 1 fully saturated rings. The molecule has 10 heteroatoms. The second-order valence-corrected chi connectivity index (χ2v) is 11.3. The van der Waals surface area contributed by atoms with Crippen LogP contribution in [0.3, 0.4) is 0 Å². The summed E-state index contributed by atoms with van der Waals surface area (Å²) in [6.45, 7) is 8.01. The van der Waals surface area contributed by atoms with Crippen molar-refractivity contribution in [1.82, 2.24) is 9.80 Å². The number of benzene rings is 2. The summed E-state index contributed by atoms with van der Waals surface area (Å²) in [6.07, 6.45) is 0.782. The molecule has 0 bridgehead atoms. The highest BCUT2D eigenvalue weighted by Crippen LogP contribution is 2.31. The number of hydrogen-bond donors (Lipinski definition) is 0. The van der Waals surface area contributed by atoms with Crippen molar-refractivity contribution in [2.24, 2.45) is 0 Å². The van der Waals surface area contributed by atoms with Gasteiger partial charge in [-0.25, -0.2) is 9.59 Å². The molecule has 0 N–H and O–H groups in total. The van der Waals surface area contributed by atoms with E-state index in [0.717, 1.165) is 16.8 Å².